The number of rotatable bonds is 3. The van der Waals surface area contributed by atoms with Crippen LogP contribution in [0.3, 0.4) is 0 Å². The first-order valence-electron chi connectivity index (χ1n) is 8.89. The highest BCUT2D eigenvalue weighted by Gasteiger charge is 2.41. The van der Waals surface area contributed by atoms with Crippen molar-refractivity contribution in [3.05, 3.63) is 0 Å². The molecule has 3 fully saturated rings. The van der Waals surface area contributed by atoms with Crippen LogP contribution in [0.5, 0.6) is 0 Å². The molecule has 21 heavy (non-hydrogen) atoms. The van der Waals surface area contributed by atoms with Crippen molar-refractivity contribution in [2.45, 2.75) is 63.8 Å². The summed E-state index contributed by atoms with van der Waals surface area (Å²) < 4.78 is 0. The van der Waals surface area contributed by atoms with Crippen molar-refractivity contribution in [1.82, 2.24) is 9.80 Å². The van der Waals surface area contributed by atoms with Gasteiger partial charge in [0, 0.05) is 19.1 Å². The number of hydrogen-bond donors (Lipinski definition) is 1. The third-order valence-electron chi connectivity index (χ3n) is 5.93. The van der Waals surface area contributed by atoms with Crippen molar-refractivity contribution in [1.29, 1.82) is 0 Å². The van der Waals surface area contributed by atoms with E-state index in [1.54, 1.807) is 0 Å². The molecule has 0 radical (unpaired) electrons. The smallest absolute Gasteiger partial charge is 0.310 e. The van der Waals surface area contributed by atoms with E-state index in [1.165, 1.54) is 45.2 Å². The average Bonchev–Trinajstić information content (AvgIpc) is 2.67. The molecule has 1 aliphatic carbocycles. The molecule has 0 aromatic carbocycles. The van der Waals surface area contributed by atoms with Gasteiger partial charge in [-0.3, -0.25) is 9.69 Å². The molecule has 3 rings (SSSR count). The summed E-state index contributed by atoms with van der Waals surface area (Å²) in [6.07, 6.45) is 10.2. The first kappa shape index (κ1) is 15.3. The van der Waals surface area contributed by atoms with Gasteiger partial charge in [-0.1, -0.05) is 25.7 Å². The molecule has 3 aliphatic rings. The van der Waals surface area contributed by atoms with E-state index in [-0.39, 0.29) is 0 Å². The molecule has 2 saturated heterocycles. The average molecular weight is 294 g/mol. The fraction of sp³-hybridized carbons (Fsp3) is 0.941. The zero-order valence-electron chi connectivity index (χ0n) is 13.2. The third kappa shape index (κ3) is 3.42. The maximum Gasteiger partial charge on any atom is 0.310 e. The Balaban J connectivity index is 1.68. The van der Waals surface area contributed by atoms with E-state index in [0.717, 1.165) is 45.3 Å². The van der Waals surface area contributed by atoms with Crippen LogP contribution in [0.2, 0.25) is 0 Å². The van der Waals surface area contributed by atoms with E-state index >= 15 is 0 Å². The molecule has 120 valence electrons. The molecule has 0 aromatic rings. The molecule has 0 bridgehead atoms. The van der Waals surface area contributed by atoms with Crippen LogP contribution < -0.4 is 0 Å². The first-order chi connectivity index (χ1) is 10.2. The number of carboxylic acids is 1. The minimum Gasteiger partial charge on any atom is -0.481 e. The van der Waals surface area contributed by atoms with Crippen LogP contribution >= 0.6 is 0 Å². The van der Waals surface area contributed by atoms with Gasteiger partial charge in [0.05, 0.1) is 5.41 Å². The molecule has 4 nitrogen and oxygen atoms in total. The summed E-state index contributed by atoms with van der Waals surface area (Å²) in [7, 11) is 0. The predicted octanol–water partition coefficient (Wildman–Crippen LogP) is 2.58. The minimum absolute atomic E-state index is 0.468. The summed E-state index contributed by atoms with van der Waals surface area (Å²) >= 11 is 0. The second kappa shape index (κ2) is 6.66. The fourth-order valence-electron chi connectivity index (χ4n) is 4.70. The van der Waals surface area contributed by atoms with E-state index in [2.05, 4.69) is 9.80 Å². The van der Waals surface area contributed by atoms with Gasteiger partial charge in [0.25, 0.3) is 0 Å². The zero-order chi connectivity index (χ0) is 14.7. The van der Waals surface area contributed by atoms with Crippen molar-refractivity contribution in [3.63, 3.8) is 0 Å². The maximum atomic E-state index is 12.0. The Bertz CT molecular complexity index is 364. The molecule has 4 heteroatoms. The van der Waals surface area contributed by atoms with E-state index in [0.29, 0.717) is 6.04 Å². The van der Waals surface area contributed by atoms with Crippen molar-refractivity contribution in [3.8, 4) is 0 Å². The molecular formula is C17H30N2O2. The molecule has 1 atom stereocenters. The lowest BCUT2D eigenvalue weighted by molar-refractivity contribution is -0.151. The number of carbonyl (C=O) groups is 1. The number of fused-ring (bicyclic) bond motifs is 1. The van der Waals surface area contributed by atoms with Crippen LogP contribution in [-0.2, 0) is 4.79 Å². The lowest BCUT2D eigenvalue weighted by atomic mass is 9.79. The van der Waals surface area contributed by atoms with Gasteiger partial charge in [-0.15, -0.1) is 0 Å². The Labute approximate surface area is 128 Å². The predicted molar refractivity (Wildman–Crippen MR) is 83.4 cm³/mol. The summed E-state index contributed by atoms with van der Waals surface area (Å²) in [6.45, 7) is 5.42. The lowest BCUT2D eigenvalue weighted by Gasteiger charge is -2.35. The minimum atomic E-state index is -0.545. The van der Waals surface area contributed by atoms with Gasteiger partial charge in [0.1, 0.15) is 0 Å². The molecule has 0 amide bonds. The summed E-state index contributed by atoms with van der Waals surface area (Å²) in [5, 5.41) is 9.87. The van der Waals surface area contributed by atoms with Gasteiger partial charge >= 0.3 is 5.97 Å². The van der Waals surface area contributed by atoms with Crippen LogP contribution in [0.1, 0.15) is 57.8 Å². The second-order valence-electron chi connectivity index (χ2n) is 7.42. The highest BCUT2D eigenvalue weighted by Crippen LogP contribution is 2.37. The molecule has 1 unspecified atom stereocenters. The van der Waals surface area contributed by atoms with Crippen molar-refractivity contribution >= 4 is 5.97 Å². The van der Waals surface area contributed by atoms with Gasteiger partial charge in [0.2, 0.25) is 0 Å². The Kier molecular flexibility index (Phi) is 4.85. The third-order valence-corrected chi connectivity index (χ3v) is 5.93. The Hall–Kier alpha value is -0.610. The quantitative estimate of drug-likeness (QED) is 0.813. The van der Waals surface area contributed by atoms with Crippen molar-refractivity contribution < 1.29 is 9.90 Å². The van der Waals surface area contributed by atoms with Gasteiger partial charge in [0.15, 0.2) is 0 Å². The second-order valence-corrected chi connectivity index (χ2v) is 7.42. The molecule has 0 aromatic heterocycles. The van der Waals surface area contributed by atoms with Gasteiger partial charge in [-0.2, -0.15) is 0 Å². The standard InChI is InChI=1S/C17H30N2O2/c20-16(21)17(8-3-1-2-4-9-17)14-18-10-6-12-19-11-5-7-15(19)13-18/h15H,1-14H2,(H,20,21). The normalized spacial score (nSPS) is 31.3. The Morgan fingerprint density at radius 1 is 1.00 bits per heavy atom. The highest BCUT2D eigenvalue weighted by atomic mass is 16.4. The lowest BCUT2D eigenvalue weighted by Crippen LogP contribution is -2.46. The van der Waals surface area contributed by atoms with Gasteiger partial charge < -0.3 is 10.0 Å². The highest BCUT2D eigenvalue weighted by molar-refractivity contribution is 5.75. The van der Waals surface area contributed by atoms with Crippen molar-refractivity contribution in [2.24, 2.45) is 5.41 Å². The van der Waals surface area contributed by atoms with Crippen LogP contribution in [0.15, 0.2) is 0 Å². The van der Waals surface area contributed by atoms with Crippen LogP contribution in [-0.4, -0.2) is 59.6 Å². The maximum absolute atomic E-state index is 12.0. The van der Waals surface area contributed by atoms with Crippen LogP contribution in [0.25, 0.3) is 0 Å². The zero-order valence-corrected chi connectivity index (χ0v) is 13.2. The molecule has 2 aliphatic heterocycles. The van der Waals surface area contributed by atoms with E-state index in [4.69, 9.17) is 0 Å². The van der Waals surface area contributed by atoms with Crippen LogP contribution in [0.4, 0.5) is 0 Å². The number of carboxylic acid groups (broad SMARTS) is 1. The molecule has 2 heterocycles. The summed E-state index contributed by atoms with van der Waals surface area (Å²) in [6, 6.07) is 0.684. The largest absolute Gasteiger partial charge is 0.481 e. The van der Waals surface area contributed by atoms with Gasteiger partial charge in [-0.05, 0) is 51.7 Å². The van der Waals surface area contributed by atoms with E-state index in [1.807, 2.05) is 0 Å². The molecule has 1 saturated carbocycles. The Morgan fingerprint density at radius 2 is 1.71 bits per heavy atom. The summed E-state index contributed by atoms with van der Waals surface area (Å²) in [5.74, 6) is -0.545. The number of nitrogens with zero attached hydrogens (tertiary/aromatic N) is 2. The first-order valence-corrected chi connectivity index (χ1v) is 8.89. The summed E-state index contributed by atoms with van der Waals surface area (Å²) in [4.78, 5) is 17.1. The molecular weight excluding hydrogens is 264 g/mol. The monoisotopic (exact) mass is 294 g/mol. The topological polar surface area (TPSA) is 43.8 Å². The molecule has 1 N–H and O–H groups in total. The number of aliphatic carboxylic acids is 1. The summed E-state index contributed by atoms with van der Waals surface area (Å²) in [5.41, 5.74) is -0.468. The van der Waals surface area contributed by atoms with E-state index < -0.39 is 11.4 Å². The molecule has 0 spiro atoms. The van der Waals surface area contributed by atoms with Gasteiger partial charge in [-0.25, -0.2) is 0 Å². The fourth-order valence-corrected chi connectivity index (χ4v) is 4.70. The van der Waals surface area contributed by atoms with E-state index in [9.17, 15) is 9.90 Å². The van der Waals surface area contributed by atoms with Crippen LogP contribution in [0, 0.1) is 5.41 Å². The van der Waals surface area contributed by atoms with Crippen molar-refractivity contribution in [2.75, 3.05) is 32.7 Å². The Morgan fingerprint density at radius 3 is 2.43 bits per heavy atom. The SMILES string of the molecule is O=C(O)C1(CN2CCCN3CCCC3C2)CCCCCC1. The number of hydrogen-bond acceptors (Lipinski definition) is 3.